The summed E-state index contributed by atoms with van der Waals surface area (Å²) in [5.41, 5.74) is -0.0531. The molecule has 138 valence electrons. The Bertz CT molecular complexity index is 424. The summed E-state index contributed by atoms with van der Waals surface area (Å²) >= 11 is 0. The van der Waals surface area contributed by atoms with Gasteiger partial charge in [-0.15, -0.1) is 0 Å². The van der Waals surface area contributed by atoms with Gasteiger partial charge < -0.3 is 15.2 Å². The lowest BCUT2D eigenvalue weighted by Gasteiger charge is -2.56. The van der Waals surface area contributed by atoms with Crippen LogP contribution in [0.15, 0.2) is 0 Å². The van der Waals surface area contributed by atoms with Crippen LogP contribution in [-0.4, -0.2) is 60.4 Å². The van der Waals surface area contributed by atoms with Crippen molar-refractivity contribution in [1.29, 1.82) is 0 Å². The number of carbonyl (C=O) groups excluding carboxylic acids is 1. The van der Waals surface area contributed by atoms with Gasteiger partial charge in [-0.25, -0.2) is 0 Å². The van der Waals surface area contributed by atoms with Gasteiger partial charge in [0.25, 0.3) is 0 Å². The molecule has 3 aliphatic rings. The fourth-order valence-corrected chi connectivity index (χ4v) is 4.82. The van der Waals surface area contributed by atoms with E-state index in [0.29, 0.717) is 19.2 Å². The summed E-state index contributed by atoms with van der Waals surface area (Å²) in [5.74, 6) is 0.977. The number of amides is 1. The molecule has 3 fully saturated rings. The minimum atomic E-state index is -0.228. The number of aliphatic hydroxyl groups excluding tert-OH is 1. The molecular formula is C19H34N2O3. The number of likely N-dealkylation sites (tertiary alicyclic amines) is 1. The number of nitrogens with one attached hydrogen (secondary N) is 1. The number of nitrogens with zero attached hydrogens (tertiary/aromatic N) is 1. The number of aliphatic hydroxyl groups is 1. The molecule has 2 saturated carbocycles. The van der Waals surface area contributed by atoms with Crippen molar-refractivity contribution in [3.05, 3.63) is 0 Å². The molecule has 0 aromatic carbocycles. The molecular weight excluding hydrogens is 304 g/mol. The van der Waals surface area contributed by atoms with Crippen LogP contribution in [0.3, 0.4) is 0 Å². The molecule has 0 radical (unpaired) electrons. The topological polar surface area (TPSA) is 61.8 Å². The molecule has 1 heterocycles. The van der Waals surface area contributed by atoms with Crippen LogP contribution in [0.25, 0.3) is 0 Å². The normalized spacial score (nSPS) is 36.3. The van der Waals surface area contributed by atoms with Gasteiger partial charge in [-0.05, 0) is 64.5 Å². The van der Waals surface area contributed by atoms with E-state index in [0.717, 1.165) is 51.1 Å². The highest BCUT2D eigenvalue weighted by molar-refractivity contribution is 5.78. The molecule has 2 N–H and O–H groups in total. The Morgan fingerprint density at radius 2 is 1.92 bits per heavy atom. The van der Waals surface area contributed by atoms with Crippen LogP contribution in [-0.2, 0) is 9.53 Å². The van der Waals surface area contributed by atoms with E-state index in [1.807, 2.05) is 6.92 Å². The Balaban J connectivity index is 1.41. The number of hydrogen-bond acceptors (Lipinski definition) is 4. The summed E-state index contributed by atoms with van der Waals surface area (Å²) in [4.78, 5) is 14.5. The van der Waals surface area contributed by atoms with E-state index >= 15 is 0 Å². The first kappa shape index (κ1) is 18.2. The summed E-state index contributed by atoms with van der Waals surface area (Å²) in [7, 11) is 0. The van der Waals surface area contributed by atoms with Crippen molar-refractivity contribution in [1.82, 2.24) is 10.2 Å². The smallest absolute Gasteiger partial charge is 0.234 e. The second-order valence-electron chi connectivity index (χ2n) is 8.23. The minimum absolute atomic E-state index is 0.0531. The number of carbonyl (C=O) groups is 1. The number of hydrogen-bond donors (Lipinski definition) is 2. The van der Waals surface area contributed by atoms with Crippen molar-refractivity contribution in [2.45, 2.75) is 77.0 Å². The predicted molar refractivity (Wildman–Crippen MR) is 93.7 cm³/mol. The van der Waals surface area contributed by atoms with Gasteiger partial charge in [0.15, 0.2) is 0 Å². The van der Waals surface area contributed by atoms with Crippen molar-refractivity contribution in [3.8, 4) is 0 Å². The number of rotatable bonds is 5. The van der Waals surface area contributed by atoms with Gasteiger partial charge in [0, 0.05) is 24.5 Å². The van der Waals surface area contributed by atoms with Gasteiger partial charge in [-0.3, -0.25) is 9.69 Å². The largest absolute Gasteiger partial charge is 0.392 e. The second kappa shape index (κ2) is 7.71. The summed E-state index contributed by atoms with van der Waals surface area (Å²) in [6.45, 7) is 7.30. The lowest BCUT2D eigenvalue weighted by molar-refractivity contribution is -0.209. The van der Waals surface area contributed by atoms with E-state index in [4.69, 9.17) is 4.74 Å². The van der Waals surface area contributed by atoms with E-state index in [2.05, 4.69) is 17.1 Å². The van der Waals surface area contributed by atoms with Gasteiger partial charge >= 0.3 is 0 Å². The van der Waals surface area contributed by atoms with Crippen LogP contribution in [0.1, 0.15) is 58.8 Å². The van der Waals surface area contributed by atoms with Gasteiger partial charge in [-0.1, -0.05) is 6.92 Å². The molecule has 1 amide bonds. The molecule has 5 heteroatoms. The first-order chi connectivity index (χ1) is 11.5. The van der Waals surface area contributed by atoms with Crippen LogP contribution in [0.2, 0.25) is 0 Å². The first-order valence-corrected chi connectivity index (χ1v) is 9.85. The lowest BCUT2D eigenvalue weighted by atomic mass is 9.58. The van der Waals surface area contributed by atoms with E-state index in [-0.39, 0.29) is 23.5 Å². The molecule has 0 bridgehead atoms. The number of ether oxygens (including phenoxy) is 1. The van der Waals surface area contributed by atoms with Crippen LogP contribution in [0, 0.1) is 11.3 Å². The molecule has 2 atom stereocenters. The molecule has 24 heavy (non-hydrogen) atoms. The highest BCUT2D eigenvalue weighted by atomic mass is 16.5. The predicted octanol–water partition coefficient (Wildman–Crippen LogP) is 1.93. The molecule has 2 aliphatic carbocycles. The fraction of sp³-hybridized carbons (Fsp3) is 0.947. The second-order valence-corrected chi connectivity index (χ2v) is 8.23. The van der Waals surface area contributed by atoms with Gasteiger partial charge in [0.2, 0.25) is 5.91 Å². The molecule has 3 rings (SSSR count). The van der Waals surface area contributed by atoms with Gasteiger partial charge in [0.05, 0.1) is 18.8 Å². The van der Waals surface area contributed by atoms with Crippen LogP contribution >= 0.6 is 0 Å². The third-order valence-electron chi connectivity index (χ3n) is 6.65. The maximum atomic E-state index is 12.3. The summed E-state index contributed by atoms with van der Waals surface area (Å²) in [6, 6.07) is 0.376. The fourth-order valence-electron chi connectivity index (χ4n) is 4.82. The maximum Gasteiger partial charge on any atom is 0.234 e. The Morgan fingerprint density at radius 1 is 1.25 bits per heavy atom. The Kier molecular flexibility index (Phi) is 5.83. The lowest BCUT2D eigenvalue weighted by Crippen LogP contribution is -2.62. The monoisotopic (exact) mass is 338 g/mol. The zero-order chi connectivity index (χ0) is 17.2. The highest BCUT2D eigenvalue weighted by Gasteiger charge is 2.55. The van der Waals surface area contributed by atoms with Crippen LogP contribution in [0.4, 0.5) is 0 Å². The van der Waals surface area contributed by atoms with Crippen molar-refractivity contribution < 1.29 is 14.6 Å². The maximum absolute atomic E-state index is 12.3. The minimum Gasteiger partial charge on any atom is -0.392 e. The van der Waals surface area contributed by atoms with Crippen LogP contribution < -0.4 is 5.32 Å². The van der Waals surface area contributed by atoms with Crippen molar-refractivity contribution >= 4 is 5.91 Å². The van der Waals surface area contributed by atoms with E-state index < -0.39 is 0 Å². The Labute approximate surface area is 146 Å². The van der Waals surface area contributed by atoms with Crippen molar-refractivity contribution in [2.75, 3.05) is 26.2 Å². The molecule has 2 unspecified atom stereocenters. The summed E-state index contributed by atoms with van der Waals surface area (Å²) in [6.07, 6.45) is 7.33. The van der Waals surface area contributed by atoms with E-state index in [9.17, 15) is 9.90 Å². The van der Waals surface area contributed by atoms with Crippen molar-refractivity contribution in [3.63, 3.8) is 0 Å². The SMILES string of the molecule is CCOC1CC(O)C12CCN(CC(=O)NC1CCC(C)CC1)CC2. The van der Waals surface area contributed by atoms with Gasteiger partial charge in [0.1, 0.15) is 0 Å². The molecule has 0 aromatic heterocycles. The number of piperidine rings is 1. The molecule has 1 spiro atoms. The van der Waals surface area contributed by atoms with E-state index in [1.54, 1.807) is 0 Å². The zero-order valence-corrected chi connectivity index (χ0v) is 15.3. The molecule has 0 aromatic rings. The standard InChI is InChI=1S/C19H34N2O3/c1-3-24-17-12-16(22)19(17)8-10-21(11-9-19)13-18(23)20-15-6-4-14(2)5-7-15/h14-17,22H,3-13H2,1-2H3,(H,20,23). The third-order valence-corrected chi connectivity index (χ3v) is 6.65. The highest BCUT2D eigenvalue weighted by Crippen LogP contribution is 2.50. The third kappa shape index (κ3) is 3.78. The Hall–Kier alpha value is -0.650. The van der Waals surface area contributed by atoms with Crippen LogP contribution in [0.5, 0.6) is 0 Å². The Morgan fingerprint density at radius 3 is 2.50 bits per heavy atom. The molecule has 1 aliphatic heterocycles. The summed E-state index contributed by atoms with van der Waals surface area (Å²) < 4.78 is 5.81. The summed E-state index contributed by atoms with van der Waals surface area (Å²) in [5, 5.41) is 13.5. The van der Waals surface area contributed by atoms with Gasteiger partial charge in [-0.2, -0.15) is 0 Å². The first-order valence-electron chi connectivity index (χ1n) is 9.85. The average Bonchev–Trinajstić information content (AvgIpc) is 2.57. The average molecular weight is 338 g/mol. The zero-order valence-electron chi connectivity index (χ0n) is 15.3. The van der Waals surface area contributed by atoms with Crippen molar-refractivity contribution in [2.24, 2.45) is 11.3 Å². The van der Waals surface area contributed by atoms with E-state index in [1.165, 1.54) is 12.8 Å². The quantitative estimate of drug-likeness (QED) is 0.804. The molecule has 5 nitrogen and oxygen atoms in total. The molecule has 1 saturated heterocycles.